The van der Waals surface area contributed by atoms with Crippen LogP contribution in [0.15, 0.2) is 33.6 Å². The summed E-state index contributed by atoms with van der Waals surface area (Å²) in [6.07, 6.45) is 1.04. The van der Waals surface area contributed by atoms with Crippen LogP contribution in [0.4, 0.5) is 4.79 Å². The van der Waals surface area contributed by atoms with E-state index in [4.69, 9.17) is 4.74 Å². The van der Waals surface area contributed by atoms with Crippen LogP contribution in [-0.2, 0) is 14.8 Å². The van der Waals surface area contributed by atoms with Crippen LogP contribution in [0.5, 0.6) is 0 Å². The lowest BCUT2D eigenvalue weighted by atomic mass is 10.1. The van der Waals surface area contributed by atoms with Crippen molar-refractivity contribution in [3.05, 3.63) is 28.7 Å². The highest BCUT2D eigenvalue weighted by atomic mass is 79.9. The summed E-state index contributed by atoms with van der Waals surface area (Å²) in [6.45, 7) is 6.35. The van der Waals surface area contributed by atoms with Gasteiger partial charge in [-0.15, -0.1) is 0 Å². The van der Waals surface area contributed by atoms with Gasteiger partial charge in [0.15, 0.2) is 0 Å². The summed E-state index contributed by atoms with van der Waals surface area (Å²) >= 11 is 3.30. The number of amides is 1. The minimum absolute atomic E-state index is 0.229. The number of likely N-dealkylation sites (tertiary alicyclic amines) is 1. The number of piperidine rings is 1. The van der Waals surface area contributed by atoms with E-state index in [0.717, 1.165) is 6.42 Å². The predicted molar refractivity (Wildman–Crippen MR) is 99.9 cm³/mol. The number of likely N-dealkylation sites (N-methyl/N-ethyl adjacent to an activating group) is 1. The van der Waals surface area contributed by atoms with Gasteiger partial charge in [0.05, 0.1) is 4.90 Å². The average Bonchev–Trinajstić information content (AvgIpc) is 2.53. The first kappa shape index (κ1) is 20.2. The van der Waals surface area contributed by atoms with Crippen LogP contribution in [0, 0.1) is 0 Å². The van der Waals surface area contributed by atoms with Gasteiger partial charge in [-0.1, -0.05) is 12.1 Å². The molecule has 1 aliphatic rings. The van der Waals surface area contributed by atoms with E-state index in [2.05, 4.69) is 15.9 Å². The average molecular weight is 433 g/mol. The molecule has 0 aliphatic carbocycles. The van der Waals surface area contributed by atoms with E-state index in [1.807, 2.05) is 20.8 Å². The van der Waals surface area contributed by atoms with Crippen molar-refractivity contribution >= 4 is 32.0 Å². The van der Waals surface area contributed by atoms with Crippen LogP contribution in [0.3, 0.4) is 0 Å². The summed E-state index contributed by atoms with van der Waals surface area (Å²) in [5.74, 6) is 0. The molecule has 1 aliphatic heterocycles. The maximum Gasteiger partial charge on any atom is 0.410 e. The van der Waals surface area contributed by atoms with Crippen LogP contribution in [0.2, 0.25) is 0 Å². The molecule has 8 heteroatoms. The van der Waals surface area contributed by atoms with E-state index in [9.17, 15) is 13.2 Å². The standard InChI is InChI=1S/C17H25BrN2O4S/c1-17(2,3)24-16(21)20-11-7-8-13(12-20)19(4)25(22,23)15-10-6-5-9-14(15)18/h5-6,9-10,13H,7-8,11-12H2,1-4H3/t13-/m1/s1. The first-order valence-corrected chi connectivity index (χ1v) is 10.5. The van der Waals surface area contributed by atoms with Gasteiger partial charge in [-0.25, -0.2) is 13.2 Å². The number of carbonyl (C=O) groups excluding carboxylic acids is 1. The van der Waals surface area contributed by atoms with Crippen molar-refractivity contribution in [1.82, 2.24) is 9.21 Å². The molecule has 0 bridgehead atoms. The molecule has 0 N–H and O–H groups in total. The Bertz CT molecular complexity index is 730. The number of benzene rings is 1. The zero-order valence-corrected chi connectivity index (χ0v) is 17.4. The SMILES string of the molecule is CN([C@@H]1CCCN(C(=O)OC(C)(C)C)C1)S(=O)(=O)c1ccccc1Br. The molecule has 1 fully saturated rings. The van der Waals surface area contributed by atoms with Gasteiger partial charge in [0.2, 0.25) is 10.0 Å². The van der Waals surface area contributed by atoms with Crippen molar-refractivity contribution in [3.8, 4) is 0 Å². The lowest BCUT2D eigenvalue weighted by Crippen LogP contribution is -2.51. The molecule has 1 aromatic rings. The second kappa shape index (κ2) is 7.63. The van der Waals surface area contributed by atoms with Gasteiger partial charge in [0, 0.05) is 30.7 Å². The molecule has 1 atom stereocenters. The Kier molecular flexibility index (Phi) is 6.17. The molecule has 0 unspecified atom stereocenters. The first-order chi connectivity index (χ1) is 11.5. The van der Waals surface area contributed by atoms with Crippen LogP contribution < -0.4 is 0 Å². The summed E-state index contributed by atoms with van der Waals surface area (Å²) in [6, 6.07) is 6.46. The molecule has 0 saturated carbocycles. The zero-order valence-electron chi connectivity index (χ0n) is 15.0. The number of ether oxygens (including phenoxy) is 1. The fourth-order valence-electron chi connectivity index (χ4n) is 2.75. The Balaban J connectivity index is 2.15. The summed E-state index contributed by atoms with van der Waals surface area (Å²) in [4.78, 5) is 14.1. The van der Waals surface area contributed by atoms with Gasteiger partial charge >= 0.3 is 6.09 Å². The third-order valence-electron chi connectivity index (χ3n) is 4.06. The van der Waals surface area contributed by atoms with Gasteiger partial charge in [-0.2, -0.15) is 4.31 Å². The quantitative estimate of drug-likeness (QED) is 0.732. The van der Waals surface area contributed by atoms with Crippen molar-refractivity contribution < 1.29 is 17.9 Å². The normalized spacial score (nSPS) is 19.1. The van der Waals surface area contributed by atoms with Crippen LogP contribution in [0.25, 0.3) is 0 Å². The Labute approximate surface area is 158 Å². The molecule has 1 amide bonds. The third-order valence-corrected chi connectivity index (χ3v) is 6.98. The Morgan fingerprint density at radius 2 is 1.96 bits per heavy atom. The number of carbonyl (C=O) groups is 1. The fraction of sp³-hybridized carbons (Fsp3) is 0.588. The summed E-state index contributed by atoms with van der Waals surface area (Å²) in [5, 5.41) is 0. The maximum atomic E-state index is 12.9. The van der Waals surface area contributed by atoms with E-state index in [1.54, 1.807) is 36.2 Å². The van der Waals surface area contributed by atoms with E-state index in [0.29, 0.717) is 24.0 Å². The van der Waals surface area contributed by atoms with E-state index >= 15 is 0 Å². The molecular formula is C17H25BrN2O4S. The molecule has 2 rings (SSSR count). The van der Waals surface area contributed by atoms with Crippen molar-refractivity contribution in [2.75, 3.05) is 20.1 Å². The van der Waals surface area contributed by atoms with Crippen molar-refractivity contribution in [2.45, 2.75) is 50.2 Å². The highest BCUT2D eigenvalue weighted by molar-refractivity contribution is 9.10. The lowest BCUT2D eigenvalue weighted by Gasteiger charge is -2.37. The Hall–Kier alpha value is -1.12. The van der Waals surface area contributed by atoms with Crippen molar-refractivity contribution in [3.63, 3.8) is 0 Å². The number of hydrogen-bond donors (Lipinski definition) is 0. The maximum absolute atomic E-state index is 12.9. The lowest BCUT2D eigenvalue weighted by molar-refractivity contribution is 0.0163. The van der Waals surface area contributed by atoms with Crippen molar-refractivity contribution in [1.29, 1.82) is 0 Å². The third kappa shape index (κ3) is 4.95. The first-order valence-electron chi connectivity index (χ1n) is 8.23. The molecule has 1 saturated heterocycles. The second-order valence-corrected chi connectivity index (χ2v) is 9.99. The van der Waals surface area contributed by atoms with Gasteiger partial charge in [0.1, 0.15) is 5.60 Å². The summed E-state index contributed by atoms with van der Waals surface area (Å²) in [5.41, 5.74) is -0.573. The summed E-state index contributed by atoms with van der Waals surface area (Å²) in [7, 11) is -2.08. The van der Waals surface area contributed by atoms with Crippen LogP contribution in [0.1, 0.15) is 33.6 Å². The van der Waals surface area contributed by atoms with Gasteiger partial charge in [-0.3, -0.25) is 0 Å². The van der Waals surface area contributed by atoms with Gasteiger partial charge in [-0.05, 0) is 61.7 Å². The molecule has 25 heavy (non-hydrogen) atoms. The zero-order chi connectivity index (χ0) is 18.8. The molecule has 1 aromatic carbocycles. The monoisotopic (exact) mass is 432 g/mol. The minimum atomic E-state index is -3.65. The van der Waals surface area contributed by atoms with Crippen LogP contribution in [-0.4, -0.2) is 55.5 Å². The van der Waals surface area contributed by atoms with E-state index < -0.39 is 21.7 Å². The molecule has 0 aromatic heterocycles. The number of hydrogen-bond acceptors (Lipinski definition) is 4. The number of halogens is 1. The fourth-order valence-corrected chi connectivity index (χ4v) is 5.09. The molecule has 6 nitrogen and oxygen atoms in total. The summed E-state index contributed by atoms with van der Waals surface area (Å²) < 4.78 is 33.1. The van der Waals surface area contributed by atoms with Gasteiger partial charge in [0.25, 0.3) is 0 Å². The Morgan fingerprint density at radius 1 is 1.32 bits per heavy atom. The predicted octanol–water partition coefficient (Wildman–Crippen LogP) is 3.47. The number of nitrogens with zero attached hydrogens (tertiary/aromatic N) is 2. The van der Waals surface area contributed by atoms with Crippen LogP contribution >= 0.6 is 15.9 Å². The number of rotatable bonds is 3. The molecule has 0 spiro atoms. The molecular weight excluding hydrogens is 408 g/mol. The largest absolute Gasteiger partial charge is 0.444 e. The number of sulfonamides is 1. The van der Waals surface area contributed by atoms with E-state index in [1.165, 1.54) is 4.31 Å². The molecule has 1 heterocycles. The molecule has 0 radical (unpaired) electrons. The highest BCUT2D eigenvalue weighted by Gasteiger charge is 2.35. The smallest absolute Gasteiger partial charge is 0.410 e. The molecule has 140 valence electrons. The van der Waals surface area contributed by atoms with Gasteiger partial charge < -0.3 is 9.64 Å². The highest BCUT2D eigenvalue weighted by Crippen LogP contribution is 2.27. The Morgan fingerprint density at radius 3 is 2.56 bits per heavy atom. The second-order valence-electron chi connectivity index (χ2n) is 7.17. The van der Waals surface area contributed by atoms with Crippen molar-refractivity contribution in [2.24, 2.45) is 0 Å². The minimum Gasteiger partial charge on any atom is -0.444 e. The topological polar surface area (TPSA) is 66.9 Å². The van der Waals surface area contributed by atoms with E-state index in [-0.39, 0.29) is 10.9 Å².